The molecule has 1 aromatic carbocycles. The summed E-state index contributed by atoms with van der Waals surface area (Å²) in [6.07, 6.45) is 3.25. The maximum Gasteiger partial charge on any atom is 0.341 e. The molecule has 0 fully saturated rings. The molecule has 0 aliphatic heterocycles. The number of carbonyl (C=O) groups is 2. The van der Waals surface area contributed by atoms with E-state index in [1.165, 1.54) is 12.3 Å². The Morgan fingerprint density at radius 2 is 1.89 bits per heavy atom. The number of benzene rings is 1. The van der Waals surface area contributed by atoms with Crippen LogP contribution < -0.4 is 10.3 Å². The van der Waals surface area contributed by atoms with Crippen molar-refractivity contribution in [2.75, 3.05) is 0 Å². The molecule has 5 nitrogen and oxygen atoms in total. The molecule has 0 saturated heterocycles. The fourth-order valence-corrected chi connectivity index (χ4v) is 1.84. The van der Waals surface area contributed by atoms with E-state index in [0.29, 0.717) is 12.1 Å². The maximum atomic E-state index is 11.3. The van der Waals surface area contributed by atoms with E-state index in [1.807, 2.05) is 6.07 Å². The van der Waals surface area contributed by atoms with Crippen molar-refractivity contribution in [2.45, 2.75) is 6.54 Å². The number of aromatic nitrogens is 1. The van der Waals surface area contributed by atoms with Gasteiger partial charge in [-0.25, -0.2) is 4.79 Å². The summed E-state index contributed by atoms with van der Waals surface area (Å²) >= 11 is 0. The maximum absolute atomic E-state index is 11.3. The standard InChI is InChI=1S/C14H12N2O3/c15-13(17)12-6-2-1-4-10(12)8-16-7-3-5-11(9-16)14(18)19/h1-7,9H,8H2,(H2-,15,17,18,19)/p+1. The zero-order valence-electron chi connectivity index (χ0n) is 10.1. The van der Waals surface area contributed by atoms with Gasteiger partial charge in [0.2, 0.25) is 5.91 Å². The molecule has 0 bridgehead atoms. The summed E-state index contributed by atoms with van der Waals surface area (Å²) in [5.41, 5.74) is 6.69. The normalized spacial score (nSPS) is 10.1. The fraction of sp³-hybridized carbons (Fsp3) is 0.0714. The summed E-state index contributed by atoms with van der Waals surface area (Å²) < 4.78 is 1.70. The Bertz CT molecular complexity index is 638. The monoisotopic (exact) mass is 257 g/mol. The molecule has 0 unspecified atom stereocenters. The summed E-state index contributed by atoms with van der Waals surface area (Å²) in [4.78, 5) is 22.2. The topological polar surface area (TPSA) is 84.3 Å². The van der Waals surface area contributed by atoms with Gasteiger partial charge in [-0.15, -0.1) is 0 Å². The van der Waals surface area contributed by atoms with Gasteiger partial charge in [0.05, 0.1) is 0 Å². The number of primary amides is 1. The third kappa shape index (κ3) is 2.95. The molecule has 3 N–H and O–H groups in total. The number of amides is 1. The zero-order chi connectivity index (χ0) is 13.8. The number of aromatic carboxylic acids is 1. The number of hydrogen-bond acceptors (Lipinski definition) is 2. The van der Waals surface area contributed by atoms with Gasteiger partial charge in [-0.05, 0) is 12.1 Å². The predicted molar refractivity (Wildman–Crippen MR) is 67.7 cm³/mol. The number of nitrogens with two attached hydrogens (primary N) is 1. The SMILES string of the molecule is NC(=O)c1ccccc1C[n+]1cccc(C(=O)O)c1. The average Bonchev–Trinajstić information content (AvgIpc) is 2.39. The molecule has 1 aromatic heterocycles. The number of carboxylic acid groups (broad SMARTS) is 1. The van der Waals surface area contributed by atoms with Gasteiger partial charge in [0.1, 0.15) is 5.56 Å². The van der Waals surface area contributed by atoms with Gasteiger partial charge in [-0.2, -0.15) is 4.57 Å². The largest absolute Gasteiger partial charge is 0.477 e. The van der Waals surface area contributed by atoms with E-state index in [9.17, 15) is 9.59 Å². The average molecular weight is 257 g/mol. The summed E-state index contributed by atoms with van der Waals surface area (Å²) in [6.45, 7) is 0.389. The van der Waals surface area contributed by atoms with E-state index in [4.69, 9.17) is 10.8 Å². The molecule has 1 amide bonds. The smallest absolute Gasteiger partial charge is 0.341 e. The Morgan fingerprint density at radius 1 is 1.16 bits per heavy atom. The number of carbonyl (C=O) groups excluding carboxylic acids is 1. The Labute approximate surface area is 109 Å². The van der Waals surface area contributed by atoms with Crippen LogP contribution in [0.5, 0.6) is 0 Å². The predicted octanol–water partition coefficient (Wildman–Crippen LogP) is 0.819. The molecule has 0 radical (unpaired) electrons. The van der Waals surface area contributed by atoms with Crippen molar-refractivity contribution in [3.63, 3.8) is 0 Å². The molecule has 0 aliphatic rings. The Morgan fingerprint density at radius 3 is 2.58 bits per heavy atom. The van der Waals surface area contributed by atoms with Gasteiger partial charge < -0.3 is 10.8 Å². The van der Waals surface area contributed by atoms with E-state index in [0.717, 1.165) is 5.56 Å². The van der Waals surface area contributed by atoms with Crippen LogP contribution >= 0.6 is 0 Å². The molecule has 96 valence electrons. The van der Waals surface area contributed by atoms with Crippen molar-refractivity contribution < 1.29 is 19.3 Å². The highest BCUT2D eigenvalue weighted by atomic mass is 16.4. The lowest BCUT2D eigenvalue weighted by molar-refractivity contribution is -0.688. The second-order valence-electron chi connectivity index (χ2n) is 4.09. The van der Waals surface area contributed by atoms with Crippen LogP contribution in [-0.2, 0) is 6.54 Å². The van der Waals surface area contributed by atoms with Crippen molar-refractivity contribution in [3.05, 3.63) is 65.5 Å². The second-order valence-corrected chi connectivity index (χ2v) is 4.09. The van der Waals surface area contributed by atoms with Crippen LogP contribution in [-0.4, -0.2) is 17.0 Å². The number of rotatable bonds is 4. The van der Waals surface area contributed by atoms with Gasteiger partial charge in [-0.1, -0.05) is 18.2 Å². The minimum absolute atomic E-state index is 0.194. The van der Waals surface area contributed by atoms with E-state index in [1.54, 1.807) is 35.0 Å². The molecule has 2 rings (SSSR count). The lowest BCUT2D eigenvalue weighted by atomic mass is 10.1. The highest BCUT2D eigenvalue weighted by Crippen LogP contribution is 2.07. The van der Waals surface area contributed by atoms with Crippen molar-refractivity contribution in [2.24, 2.45) is 5.73 Å². The summed E-state index contributed by atoms with van der Waals surface area (Å²) in [6, 6.07) is 10.2. The van der Waals surface area contributed by atoms with Crippen LogP contribution in [0.2, 0.25) is 0 Å². The first-order valence-corrected chi connectivity index (χ1v) is 5.68. The van der Waals surface area contributed by atoms with Crippen molar-refractivity contribution in [1.82, 2.24) is 0 Å². The molecule has 1 heterocycles. The third-order valence-electron chi connectivity index (χ3n) is 2.74. The number of carboxylic acids is 1. The lowest BCUT2D eigenvalue weighted by Crippen LogP contribution is -2.35. The molecule has 0 aliphatic carbocycles. The second kappa shape index (κ2) is 5.30. The van der Waals surface area contributed by atoms with Gasteiger partial charge in [0, 0.05) is 17.2 Å². The Hall–Kier alpha value is -2.69. The van der Waals surface area contributed by atoms with Gasteiger partial charge >= 0.3 is 5.97 Å². The summed E-state index contributed by atoms with van der Waals surface area (Å²) in [5.74, 6) is -1.48. The number of pyridine rings is 1. The van der Waals surface area contributed by atoms with Crippen LogP contribution in [0.15, 0.2) is 48.8 Å². The molecular weight excluding hydrogens is 244 g/mol. The summed E-state index contributed by atoms with van der Waals surface area (Å²) in [7, 11) is 0. The first kappa shape index (κ1) is 12.8. The fourth-order valence-electron chi connectivity index (χ4n) is 1.84. The van der Waals surface area contributed by atoms with E-state index < -0.39 is 11.9 Å². The first-order chi connectivity index (χ1) is 9.08. The van der Waals surface area contributed by atoms with Crippen LogP contribution in [0.25, 0.3) is 0 Å². The molecule has 2 aromatic rings. The number of nitrogens with zero attached hydrogens (tertiary/aromatic N) is 1. The van der Waals surface area contributed by atoms with Crippen LogP contribution in [0.1, 0.15) is 26.3 Å². The highest BCUT2D eigenvalue weighted by molar-refractivity contribution is 5.94. The Kier molecular flexibility index (Phi) is 3.56. The van der Waals surface area contributed by atoms with E-state index in [2.05, 4.69) is 0 Å². The van der Waals surface area contributed by atoms with Crippen molar-refractivity contribution >= 4 is 11.9 Å². The minimum atomic E-state index is -0.988. The van der Waals surface area contributed by atoms with Crippen LogP contribution in [0.4, 0.5) is 0 Å². The van der Waals surface area contributed by atoms with Gasteiger partial charge in [0.15, 0.2) is 18.9 Å². The van der Waals surface area contributed by atoms with Crippen molar-refractivity contribution in [1.29, 1.82) is 0 Å². The Balaban J connectivity index is 2.34. The molecule has 5 heteroatoms. The third-order valence-corrected chi connectivity index (χ3v) is 2.74. The minimum Gasteiger partial charge on any atom is -0.477 e. The van der Waals surface area contributed by atoms with Crippen LogP contribution in [0.3, 0.4) is 0 Å². The van der Waals surface area contributed by atoms with Gasteiger partial charge in [0.25, 0.3) is 0 Å². The summed E-state index contributed by atoms with van der Waals surface area (Å²) in [5, 5.41) is 8.93. The van der Waals surface area contributed by atoms with E-state index >= 15 is 0 Å². The number of hydrogen-bond donors (Lipinski definition) is 2. The van der Waals surface area contributed by atoms with E-state index in [-0.39, 0.29) is 5.56 Å². The lowest BCUT2D eigenvalue weighted by Gasteiger charge is -2.03. The quantitative estimate of drug-likeness (QED) is 0.795. The van der Waals surface area contributed by atoms with Crippen molar-refractivity contribution in [3.8, 4) is 0 Å². The highest BCUT2D eigenvalue weighted by Gasteiger charge is 2.13. The molecule has 0 saturated carbocycles. The molecule has 19 heavy (non-hydrogen) atoms. The van der Waals surface area contributed by atoms with Gasteiger partial charge in [-0.3, -0.25) is 4.79 Å². The van der Waals surface area contributed by atoms with Crippen LogP contribution in [0, 0.1) is 0 Å². The molecule has 0 atom stereocenters. The first-order valence-electron chi connectivity index (χ1n) is 5.68. The molecular formula is C14H13N2O3+. The zero-order valence-corrected chi connectivity index (χ0v) is 10.1. The molecule has 0 spiro atoms.